The minimum atomic E-state index is -0.980. The predicted octanol–water partition coefficient (Wildman–Crippen LogP) is 0.844. The number of ether oxygens (including phenoxy) is 1. The second-order valence-electron chi connectivity index (χ2n) is 5.30. The summed E-state index contributed by atoms with van der Waals surface area (Å²) in [5.74, 6) is -0.545. The van der Waals surface area contributed by atoms with E-state index in [1.54, 1.807) is 41.2 Å². The number of nitrogens with zero attached hydrogens (tertiary/aromatic N) is 2. The fourth-order valence-electron chi connectivity index (χ4n) is 2.45. The first-order chi connectivity index (χ1) is 11.0. The predicted molar refractivity (Wildman–Crippen MR) is 82.3 cm³/mol. The van der Waals surface area contributed by atoms with Crippen LogP contribution in [0.25, 0.3) is 0 Å². The van der Waals surface area contributed by atoms with Gasteiger partial charge in [0.05, 0.1) is 13.5 Å². The third-order valence-corrected chi connectivity index (χ3v) is 3.81. The smallest absolute Gasteiger partial charge is 0.303 e. The second-order valence-corrected chi connectivity index (χ2v) is 5.30. The molecule has 1 aliphatic heterocycles. The number of hydrogen-bond acceptors (Lipinski definition) is 4. The molecule has 1 aliphatic rings. The molecule has 1 N–H and O–H groups in total. The molecule has 23 heavy (non-hydrogen) atoms. The zero-order valence-electron chi connectivity index (χ0n) is 13.0. The minimum absolute atomic E-state index is 0.00175. The lowest BCUT2D eigenvalue weighted by Gasteiger charge is -2.34. The van der Waals surface area contributed by atoms with Gasteiger partial charge in [-0.25, -0.2) is 0 Å². The summed E-state index contributed by atoms with van der Waals surface area (Å²) in [4.78, 5) is 38.1. The van der Waals surface area contributed by atoms with Gasteiger partial charge in [0.1, 0.15) is 5.75 Å². The third-order valence-electron chi connectivity index (χ3n) is 3.81. The maximum absolute atomic E-state index is 12.4. The molecule has 0 bridgehead atoms. The molecule has 1 aromatic rings. The van der Waals surface area contributed by atoms with Crippen molar-refractivity contribution in [1.82, 2.24) is 9.80 Å². The van der Waals surface area contributed by atoms with Gasteiger partial charge in [0.2, 0.25) is 5.91 Å². The number of aliphatic carboxylic acids is 1. The Morgan fingerprint density at radius 3 is 2.09 bits per heavy atom. The number of benzene rings is 1. The zero-order chi connectivity index (χ0) is 16.8. The maximum Gasteiger partial charge on any atom is 0.303 e. The van der Waals surface area contributed by atoms with E-state index < -0.39 is 5.97 Å². The first-order valence-electron chi connectivity index (χ1n) is 7.44. The molecule has 1 aromatic carbocycles. The lowest BCUT2D eigenvalue weighted by Crippen LogP contribution is -2.50. The largest absolute Gasteiger partial charge is 0.497 e. The molecular formula is C16H20N2O5. The van der Waals surface area contributed by atoms with Crippen LogP contribution in [0.4, 0.5) is 0 Å². The van der Waals surface area contributed by atoms with Crippen LogP contribution in [0.15, 0.2) is 24.3 Å². The van der Waals surface area contributed by atoms with E-state index in [-0.39, 0.29) is 24.7 Å². The number of hydrogen-bond donors (Lipinski definition) is 1. The monoisotopic (exact) mass is 320 g/mol. The van der Waals surface area contributed by atoms with Crippen molar-refractivity contribution >= 4 is 17.8 Å². The fourth-order valence-corrected chi connectivity index (χ4v) is 2.45. The fraction of sp³-hybridized carbons (Fsp3) is 0.438. The van der Waals surface area contributed by atoms with Crippen molar-refractivity contribution in [3.8, 4) is 5.75 Å². The molecule has 0 spiro atoms. The Hall–Kier alpha value is -2.57. The molecule has 0 aromatic heterocycles. The van der Waals surface area contributed by atoms with E-state index >= 15 is 0 Å². The van der Waals surface area contributed by atoms with E-state index in [1.807, 2.05) is 0 Å². The van der Waals surface area contributed by atoms with Crippen LogP contribution in [0, 0.1) is 0 Å². The number of methoxy groups -OCH3 is 1. The molecule has 0 aliphatic carbocycles. The number of carbonyl (C=O) groups excluding carboxylic acids is 2. The number of carbonyl (C=O) groups is 3. The van der Waals surface area contributed by atoms with Gasteiger partial charge < -0.3 is 19.6 Å². The standard InChI is InChI=1S/C16H20N2O5/c1-23-13-4-2-12(3-5-13)16(22)18-10-8-17(9-11-18)14(19)6-7-15(20)21/h2-5H,6-11H2,1H3,(H,20,21). The second kappa shape index (κ2) is 7.62. The molecule has 1 fully saturated rings. The summed E-state index contributed by atoms with van der Waals surface area (Å²) in [7, 11) is 1.57. The molecule has 2 rings (SSSR count). The topological polar surface area (TPSA) is 87.2 Å². The Labute approximate surface area is 134 Å². The lowest BCUT2D eigenvalue weighted by molar-refractivity contribution is -0.141. The van der Waals surface area contributed by atoms with Crippen LogP contribution in [-0.2, 0) is 9.59 Å². The molecule has 7 heteroatoms. The van der Waals surface area contributed by atoms with Crippen LogP contribution in [0.3, 0.4) is 0 Å². The van der Waals surface area contributed by atoms with E-state index in [1.165, 1.54) is 0 Å². The quantitative estimate of drug-likeness (QED) is 0.869. The van der Waals surface area contributed by atoms with Gasteiger partial charge in [0.25, 0.3) is 5.91 Å². The molecule has 124 valence electrons. The number of amides is 2. The van der Waals surface area contributed by atoms with Crippen molar-refractivity contribution in [2.45, 2.75) is 12.8 Å². The average Bonchev–Trinajstić information content (AvgIpc) is 2.59. The van der Waals surface area contributed by atoms with Crippen LogP contribution in [-0.4, -0.2) is 66.0 Å². The van der Waals surface area contributed by atoms with E-state index in [2.05, 4.69) is 0 Å². The number of carboxylic acids is 1. The van der Waals surface area contributed by atoms with Gasteiger partial charge in [-0.3, -0.25) is 14.4 Å². The highest BCUT2D eigenvalue weighted by Gasteiger charge is 2.24. The molecule has 0 atom stereocenters. The summed E-state index contributed by atoms with van der Waals surface area (Å²) in [6, 6.07) is 6.90. The summed E-state index contributed by atoms with van der Waals surface area (Å²) in [6.45, 7) is 1.76. The Balaban J connectivity index is 1.86. The van der Waals surface area contributed by atoms with Gasteiger partial charge in [-0.2, -0.15) is 0 Å². The highest BCUT2D eigenvalue weighted by molar-refractivity contribution is 5.94. The summed E-state index contributed by atoms with van der Waals surface area (Å²) in [5.41, 5.74) is 0.580. The summed E-state index contributed by atoms with van der Waals surface area (Å²) >= 11 is 0. The van der Waals surface area contributed by atoms with Crippen LogP contribution in [0.1, 0.15) is 23.2 Å². The minimum Gasteiger partial charge on any atom is -0.497 e. The van der Waals surface area contributed by atoms with Crippen molar-refractivity contribution < 1.29 is 24.2 Å². The SMILES string of the molecule is COc1ccc(C(=O)N2CCN(C(=O)CCC(=O)O)CC2)cc1. The molecule has 0 saturated carbocycles. The Bertz CT molecular complexity index is 577. The van der Waals surface area contributed by atoms with Crippen molar-refractivity contribution in [3.63, 3.8) is 0 Å². The van der Waals surface area contributed by atoms with Crippen molar-refractivity contribution in [2.75, 3.05) is 33.3 Å². The molecule has 7 nitrogen and oxygen atoms in total. The molecular weight excluding hydrogens is 300 g/mol. The Morgan fingerprint density at radius 2 is 1.57 bits per heavy atom. The van der Waals surface area contributed by atoms with Gasteiger partial charge in [-0.05, 0) is 24.3 Å². The van der Waals surface area contributed by atoms with Gasteiger partial charge in [0, 0.05) is 38.2 Å². The highest BCUT2D eigenvalue weighted by Crippen LogP contribution is 2.14. The maximum atomic E-state index is 12.4. The van der Waals surface area contributed by atoms with Crippen LogP contribution >= 0.6 is 0 Å². The Morgan fingerprint density at radius 1 is 1.00 bits per heavy atom. The summed E-state index contributed by atoms with van der Waals surface area (Å²) < 4.78 is 5.06. The van der Waals surface area contributed by atoms with Crippen LogP contribution < -0.4 is 4.74 Å². The third kappa shape index (κ3) is 4.45. The van der Waals surface area contributed by atoms with Crippen molar-refractivity contribution in [1.29, 1.82) is 0 Å². The number of carboxylic acid groups (broad SMARTS) is 1. The molecule has 2 amide bonds. The molecule has 0 unspecified atom stereocenters. The first-order valence-corrected chi connectivity index (χ1v) is 7.44. The van der Waals surface area contributed by atoms with Crippen molar-refractivity contribution in [3.05, 3.63) is 29.8 Å². The number of rotatable bonds is 5. The van der Waals surface area contributed by atoms with Gasteiger partial charge >= 0.3 is 5.97 Å². The number of piperazine rings is 1. The van der Waals surface area contributed by atoms with E-state index in [0.717, 1.165) is 0 Å². The van der Waals surface area contributed by atoms with Gasteiger partial charge in [0.15, 0.2) is 0 Å². The Kier molecular flexibility index (Phi) is 5.56. The zero-order valence-corrected chi connectivity index (χ0v) is 13.0. The molecule has 1 heterocycles. The highest BCUT2D eigenvalue weighted by atomic mass is 16.5. The normalized spacial score (nSPS) is 14.5. The van der Waals surface area contributed by atoms with E-state index in [9.17, 15) is 14.4 Å². The van der Waals surface area contributed by atoms with Crippen LogP contribution in [0.2, 0.25) is 0 Å². The van der Waals surface area contributed by atoms with Crippen molar-refractivity contribution in [2.24, 2.45) is 0 Å². The first kappa shape index (κ1) is 16.8. The van der Waals surface area contributed by atoms with Crippen LogP contribution in [0.5, 0.6) is 5.75 Å². The molecule has 1 saturated heterocycles. The average molecular weight is 320 g/mol. The van der Waals surface area contributed by atoms with Gasteiger partial charge in [-0.15, -0.1) is 0 Å². The van der Waals surface area contributed by atoms with E-state index in [4.69, 9.17) is 9.84 Å². The lowest BCUT2D eigenvalue weighted by atomic mass is 10.1. The summed E-state index contributed by atoms with van der Waals surface area (Å²) in [6.07, 6.45) is -0.161. The molecule has 0 radical (unpaired) electrons. The van der Waals surface area contributed by atoms with E-state index in [0.29, 0.717) is 37.5 Å². The summed E-state index contributed by atoms with van der Waals surface area (Å²) in [5, 5.41) is 8.61. The van der Waals surface area contributed by atoms with Gasteiger partial charge in [-0.1, -0.05) is 0 Å².